The van der Waals surface area contributed by atoms with Gasteiger partial charge in [-0.1, -0.05) is 12.1 Å². The molecule has 0 saturated carbocycles. The van der Waals surface area contributed by atoms with Crippen molar-refractivity contribution in [2.24, 2.45) is 5.41 Å². The summed E-state index contributed by atoms with van der Waals surface area (Å²) in [6.45, 7) is 4.83. The fourth-order valence-electron chi connectivity index (χ4n) is 2.31. The third-order valence-corrected chi connectivity index (χ3v) is 3.69. The molecule has 1 aromatic rings. The van der Waals surface area contributed by atoms with Crippen LogP contribution in [0.15, 0.2) is 24.3 Å². The molecule has 1 saturated heterocycles. The molecule has 0 aromatic heterocycles. The monoisotopic (exact) mass is 239 g/mol. The number of nitrogens with zero attached hydrogens (tertiary/aromatic N) is 3. The number of hydrogen-bond donors (Lipinski definition) is 0. The second-order valence-corrected chi connectivity index (χ2v) is 5.26. The number of piperidine rings is 1. The normalized spacial score (nSPS) is 18.8. The minimum absolute atomic E-state index is 0.148. The first kappa shape index (κ1) is 12.6. The van der Waals surface area contributed by atoms with E-state index in [0.29, 0.717) is 5.56 Å². The fraction of sp³-hybridized carbons (Fsp3) is 0.467. The zero-order valence-electron chi connectivity index (χ0n) is 10.7. The first-order valence-electron chi connectivity index (χ1n) is 6.28. The summed E-state index contributed by atoms with van der Waals surface area (Å²) in [6, 6.07) is 12.3. The lowest BCUT2D eigenvalue weighted by Crippen LogP contribution is -2.37. The highest BCUT2D eigenvalue weighted by Gasteiger charge is 2.29. The van der Waals surface area contributed by atoms with Gasteiger partial charge in [0.25, 0.3) is 0 Å². The van der Waals surface area contributed by atoms with E-state index in [-0.39, 0.29) is 5.41 Å². The molecule has 0 N–H and O–H groups in total. The molecule has 0 amide bonds. The van der Waals surface area contributed by atoms with Crippen LogP contribution in [0.4, 0.5) is 0 Å². The van der Waals surface area contributed by atoms with Gasteiger partial charge in [-0.15, -0.1) is 0 Å². The van der Waals surface area contributed by atoms with E-state index >= 15 is 0 Å². The predicted octanol–water partition coefficient (Wildman–Crippen LogP) is 2.68. The van der Waals surface area contributed by atoms with E-state index in [1.807, 2.05) is 25.1 Å². The molecule has 0 radical (unpaired) electrons. The van der Waals surface area contributed by atoms with Gasteiger partial charge in [0, 0.05) is 6.54 Å². The van der Waals surface area contributed by atoms with Crippen molar-refractivity contribution in [2.45, 2.75) is 26.3 Å². The Balaban J connectivity index is 1.96. The van der Waals surface area contributed by atoms with Crippen LogP contribution in [0.1, 0.15) is 30.9 Å². The van der Waals surface area contributed by atoms with E-state index in [1.54, 1.807) is 0 Å². The van der Waals surface area contributed by atoms with E-state index in [9.17, 15) is 0 Å². The SMILES string of the molecule is CC1(C#N)CCN(Cc2cccc(C#N)c2)CC1. The maximum absolute atomic E-state index is 9.09. The number of benzene rings is 1. The van der Waals surface area contributed by atoms with Gasteiger partial charge in [-0.05, 0) is 50.6 Å². The first-order chi connectivity index (χ1) is 8.65. The van der Waals surface area contributed by atoms with Gasteiger partial charge in [0.1, 0.15) is 0 Å². The number of nitriles is 2. The average molecular weight is 239 g/mol. The largest absolute Gasteiger partial charge is 0.299 e. The zero-order valence-corrected chi connectivity index (χ0v) is 10.7. The lowest BCUT2D eigenvalue weighted by atomic mass is 9.82. The summed E-state index contributed by atoms with van der Waals surface area (Å²) in [5, 5.41) is 18.0. The number of hydrogen-bond acceptors (Lipinski definition) is 3. The molecule has 92 valence electrons. The molecule has 0 atom stereocenters. The van der Waals surface area contributed by atoms with Gasteiger partial charge >= 0.3 is 0 Å². The summed E-state index contributed by atoms with van der Waals surface area (Å²) in [4.78, 5) is 2.36. The highest BCUT2D eigenvalue weighted by molar-refractivity contribution is 5.32. The van der Waals surface area contributed by atoms with Crippen LogP contribution in [0.5, 0.6) is 0 Å². The maximum Gasteiger partial charge on any atom is 0.0991 e. The minimum atomic E-state index is -0.148. The topological polar surface area (TPSA) is 50.8 Å². The Morgan fingerprint density at radius 1 is 1.28 bits per heavy atom. The third kappa shape index (κ3) is 2.88. The zero-order chi connectivity index (χ0) is 13.0. The Morgan fingerprint density at radius 3 is 2.61 bits per heavy atom. The van der Waals surface area contributed by atoms with Gasteiger partial charge < -0.3 is 0 Å². The van der Waals surface area contributed by atoms with Gasteiger partial charge in [0.15, 0.2) is 0 Å². The van der Waals surface area contributed by atoms with Gasteiger partial charge in [0.05, 0.1) is 23.1 Å². The van der Waals surface area contributed by atoms with Gasteiger partial charge in [0.2, 0.25) is 0 Å². The molecule has 2 rings (SSSR count). The van der Waals surface area contributed by atoms with Gasteiger partial charge in [-0.25, -0.2) is 0 Å². The van der Waals surface area contributed by atoms with Crippen LogP contribution >= 0.6 is 0 Å². The Hall–Kier alpha value is -1.84. The maximum atomic E-state index is 9.09. The molecule has 1 aliphatic heterocycles. The lowest BCUT2D eigenvalue weighted by molar-refractivity contribution is 0.150. The van der Waals surface area contributed by atoms with Crippen molar-refractivity contribution < 1.29 is 0 Å². The second kappa shape index (κ2) is 5.21. The van der Waals surface area contributed by atoms with Crippen LogP contribution in [-0.4, -0.2) is 18.0 Å². The highest BCUT2D eigenvalue weighted by atomic mass is 15.1. The summed E-state index contributed by atoms with van der Waals surface area (Å²) in [5.74, 6) is 0. The Labute approximate surface area is 108 Å². The van der Waals surface area contributed by atoms with Crippen LogP contribution in [0, 0.1) is 28.1 Å². The third-order valence-electron chi connectivity index (χ3n) is 3.69. The van der Waals surface area contributed by atoms with E-state index < -0.39 is 0 Å². The van der Waals surface area contributed by atoms with E-state index in [1.165, 1.54) is 5.56 Å². The van der Waals surface area contributed by atoms with Crippen molar-refractivity contribution >= 4 is 0 Å². The summed E-state index contributed by atoms with van der Waals surface area (Å²) in [7, 11) is 0. The van der Waals surface area contributed by atoms with Crippen LogP contribution in [0.2, 0.25) is 0 Å². The quantitative estimate of drug-likeness (QED) is 0.797. The molecule has 3 nitrogen and oxygen atoms in total. The van der Waals surface area contributed by atoms with Gasteiger partial charge in [-0.2, -0.15) is 10.5 Å². The molecular formula is C15H17N3. The van der Waals surface area contributed by atoms with Crippen LogP contribution in [0.3, 0.4) is 0 Å². The molecule has 1 heterocycles. The second-order valence-electron chi connectivity index (χ2n) is 5.26. The molecule has 0 bridgehead atoms. The average Bonchev–Trinajstić information content (AvgIpc) is 2.42. The standard InChI is InChI=1S/C15H17N3/c1-15(12-17)5-7-18(8-6-15)11-14-4-2-3-13(9-14)10-16/h2-4,9H,5-8,11H2,1H3. The van der Waals surface area contributed by atoms with Crippen LogP contribution in [-0.2, 0) is 6.54 Å². The van der Waals surface area contributed by atoms with Crippen LogP contribution in [0.25, 0.3) is 0 Å². The van der Waals surface area contributed by atoms with Crippen molar-refractivity contribution in [3.63, 3.8) is 0 Å². The number of likely N-dealkylation sites (tertiary alicyclic amines) is 1. The first-order valence-corrected chi connectivity index (χ1v) is 6.28. The summed E-state index contributed by atoms with van der Waals surface area (Å²) in [5.41, 5.74) is 1.74. The van der Waals surface area contributed by atoms with E-state index in [4.69, 9.17) is 10.5 Å². The smallest absolute Gasteiger partial charge is 0.0991 e. The molecule has 1 aliphatic rings. The van der Waals surface area contributed by atoms with E-state index in [0.717, 1.165) is 32.5 Å². The molecule has 0 aliphatic carbocycles. The predicted molar refractivity (Wildman–Crippen MR) is 69.4 cm³/mol. The Morgan fingerprint density at radius 2 is 2.00 bits per heavy atom. The molecule has 0 unspecified atom stereocenters. The van der Waals surface area contributed by atoms with Crippen molar-refractivity contribution in [3.05, 3.63) is 35.4 Å². The Kier molecular flexibility index (Phi) is 3.65. The van der Waals surface area contributed by atoms with Crippen molar-refractivity contribution in [3.8, 4) is 12.1 Å². The fourth-order valence-corrected chi connectivity index (χ4v) is 2.31. The Bertz CT molecular complexity index is 499. The number of rotatable bonds is 2. The van der Waals surface area contributed by atoms with Gasteiger partial charge in [-0.3, -0.25) is 4.90 Å². The molecule has 3 heteroatoms. The molecule has 1 aromatic carbocycles. The highest BCUT2D eigenvalue weighted by Crippen LogP contribution is 2.30. The minimum Gasteiger partial charge on any atom is -0.299 e. The molecular weight excluding hydrogens is 222 g/mol. The van der Waals surface area contributed by atoms with E-state index in [2.05, 4.69) is 23.1 Å². The summed E-state index contributed by atoms with van der Waals surface area (Å²) in [6.07, 6.45) is 1.86. The lowest BCUT2D eigenvalue weighted by Gasteiger charge is -2.34. The van der Waals surface area contributed by atoms with Crippen LogP contribution < -0.4 is 0 Å². The molecule has 0 spiro atoms. The molecule has 18 heavy (non-hydrogen) atoms. The van der Waals surface area contributed by atoms with Crippen molar-refractivity contribution in [2.75, 3.05) is 13.1 Å². The van der Waals surface area contributed by atoms with Crippen molar-refractivity contribution in [1.29, 1.82) is 10.5 Å². The summed E-state index contributed by atoms with van der Waals surface area (Å²) < 4.78 is 0. The van der Waals surface area contributed by atoms with Crippen molar-refractivity contribution in [1.82, 2.24) is 4.90 Å². The molecule has 1 fully saturated rings. The summed E-state index contributed by atoms with van der Waals surface area (Å²) >= 11 is 0.